The van der Waals surface area contributed by atoms with Crippen LogP contribution < -0.4 is 0 Å². The van der Waals surface area contributed by atoms with Gasteiger partial charge in [-0.3, -0.25) is 4.79 Å². The number of carbonyl (C=O) groups excluding carboxylic acids is 1. The topological polar surface area (TPSA) is 17.1 Å². The Bertz CT molecular complexity index is 261. The zero-order valence-electron chi connectivity index (χ0n) is 12.4. The van der Waals surface area contributed by atoms with Gasteiger partial charge in [-0.15, -0.1) is 0 Å². The molecular formula is C18H29O. The van der Waals surface area contributed by atoms with Crippen molar-refractivity contribution in [3.63, 3.8) is 0 Å². The number of rotatable bonds is 13. The first kappa shape index (κ1) is 17.9. The molecule has 0 aliphatic rings. The van der Waals surface area contributed by atoms with E-state index in [1.807, 2.05) is 18.2 Å². The predicted octanol–water partition coefficient (Wildman–Crippen LogP) is 5.69. The van der Waals surface area contributed by atoms with E-state index in [9.17, 15) is 4.79 Å². The summed E-state index contributed by atoms with van der Waals surface area (Å²) in [5.41, 5.74) is 0. The van der Waals surface area contributed by atoms with Crippen LogP contribution in [0.2, 0.25) is 0 Å². The molecular weight excluding hydrogens is 232 g/mol. The molecule has 0 aromatic rings. The summed E-state index contributed by atoms with van der Waals surface area (Å²) < 4.78 is 0. The maximum atomic E-state index is 9.88. The van der Waals surface area contributed by atoms with Gasteiger partial charge in [0.25, 0.3) is 0 Å². The summed E-state index contributed by atoms with van der Waals surface area (Å²) in [6, 6.07) is 0. The van der Waals surface area contributed by atoms with E-state index < -0.39 is 0 Å². The Kier molecular flexibility index (Phi) is 15.9. The minimum absolute atomic E-state index is 1.16. The number of unbranched alkanes of at least 4 members (excludes halogenated alkanes) is 9. The van der Waals surface area contributed by atoms with Crippen molar-refractivity contribution in [3.8, 4) is 0 Å². The molecule has 1 nitrogen and oxygen atoms in total. The van der Waals surface area contributed by atoms with Crippen molar-refractivity contribution in [3.05, 3.63) is 36.5 Å². The molecule has 1 radical (unpaired) electrons. The first-order valence-electron chi connectivity index (χ1n) is 7.77. The van der Waals surface area contributed by atoms with Crippen molar-refractivity contribution in [2.75, 3.05) is 0 Å². The van der Waals surface area contributed by atoms with Crippen LogP contribution in [0.3, 0.4) is 0 Å². The first-order valence-corrected chi connectivity index (χ1v) is 7.77. The van der Waals surface area contributed by atoms with Crippen LogP contribution in [0.5, 0.6) is 0 Å². The largest absolute Gasteiger partial charge is 0.286 e. The van der Waals surface area contributed by atoms with Crippen molar-refractivity contribution in [1.82, 2.24) is 0 Å². The molecule has 19 heavy (non-hydrogen) atoms. The molecule has 0 aromatic heterocycles. The summed E-state index contributed by atoms with van der Waals surface area (Å²) in [7, 11) is 0. The minimum Gasteiger partial charge on any atom is -0.286 e. The van der Waals surface area contributed by atoms with Gasteiger partial charge >= 0.3 is 0 Å². The van der Waals surface area contributed by atoms with Gasteiger partial charge in [-0.05, 0) is 18.9 Å². The van der Waals surface area contributed by atoms with Crippen LogP contribution in [0.1, 0.15) is 71.1 Å². The molecule has 0 aliphatic heterocycles. The fourth-order valence-electron chi connectivity index (χ4n) is 1.97. The Balaban J connectivity index is 3.17. The third-order valence-electron chi connectivity index (χ3n) is 3.11. The van der Waals surface area contributed by atoms with E-state index in [1.165, 1.54) is 63.9 Å². The highest BCUT2D eigenvalue weighted by molar-refractivity contribution is 5.66. The van der Waals surface area contributed by atoms with Crippen molar-refractivity contribution >= 4 is 6.29 Å². The highest BCUT2D eigenvalue weighted by atomic mass is 16.1. The van der Waals surface area contributed by atoms with Crippen molar-refractivity contribution < 1.29 is 4.79 Å². The maximum absolute atomic E-state index is 9.88. The summed E-state index contributed by atoms with van der Waals surface area (Å²) in [5.74, 6) is 0. The van der Waals surface area contributed by atoms with Gasteiger partial charge in [0.2, 0.25) is 6.29 Å². The normalized spacial score (nSPS) is 12.1. The highest BCUT2D eigenvalue weighted by Crippen LogP contribution is 2.10. The van der Waals surface area contributed by atoms with Crippen LogP contribution in [0, 0.1) is 0 Å². The van der Waals surface area contributed by atoms with Crippen LogP contribution in [0.15, 0.2) is 36.5 Å². The highest BCUT2D eigenvalue weighted by Gasteiger charge is 1.90. The Morgan fingerprint density at radius 1 is 0.737 bits per heavy atom. The van der Waals surface area contributed by atoms with E-state index in [2.05, 4.69) is 13.0 Å². The third-order valence-corrected chi connectivity index (χ3v) is 3.11. The van der Waals surface area contributed by atoms with Crippen LogP contribution in [-0.4, -0.2) is 6.29 Å². The maximum Gasteiger partial charge on any atom is 0.225 e. The lowest BCUT2D eigenvalue weighted by molar-refractivity contribution is 0.564. The molecule has 0 fully saturated rings. The Labute approximate surface area is 119 Å². The van der Waals surface area contributed by atoms with Crippen molar-refractivity contribution in [2.45, 2.75) is 71.1 Å². The summed E-state index contributed by atoms with van der Waals surface area (Å²) in [4.78, 5) is 9.88. The molecule has 0 heterocycles. The van der Waals surface area contributed by atoms with E-state index in [0.717, 1.165) is 6.42 Å². The zero-order valence-corrected chi connectivity index (χ0v) is 12.4. The summed E-state index contributed by atoms with van der Waals surface area (Å²) >= 11 is 0. The lowest BCUT2D eigenvalue weighted by atomic mass is 10.1. The number of hydrogen-bond donors (Lipinski definition) is 0. The zero-order chi connectivity index (χ0) is 14.0. The molecule has 0 unspecified atom stereocenters. The van der Waals surface area contributed by atoms with Gasteiger partial charge in [0.1, 0.15) is 0 Å². The van der Waals surface area contributed by atoms with Crippen molar-refractivity contribution in [1.29, 1.82) is 0 Å². The Hall–Kier alpha value is -1.11. The van der Waals surface area contributed by atoms with Crippen molar-refractivity contribution in [2.24, 2.45) is 0 Å². The molecule has 0 spiro atoms. The van der Waals surface area contributed by atoms with Gasteiger partial charge in [0, 0.05) is 0 Å². The van der Waals surface area contributed by atoms with Crippen LogP contribution in [-0.2, 0) is 4.79 Å². The van der Waals surface area contributed by atoms with Crippen LogP contribution in [0.25, 0.3) is 0 Å². The molecule has 0 saturated carbocycles. The number of hydrogen-bond acceptors (Lipinski definition) is 1. The van der Waals surface area contributed by atoms with E-state index in [-0.39, 0.29) is 0 Å². The lowest BCUT2D eigenvalue weighted by Gasteiger charge is -2.00. The molecule has 0 rings (SSSR count). The molecule has 0 aliphatic carbocycles. The second-order valence-corrected chi connectivity index (χ2v) is 4.91. The van der Waals surface area contributed by atoms with Crippen LogP contribution >= 0.6 is 0 Å². The van der Waals surface area contributed by atoms with Gasteiger partial charge < -0.3 is 0 Å². The second kappa shape index (κ2) is 16.9. The predicted molar refractivity (Wildman–Crippen MR) is 85.0 cm³/mol. The standard InChI is InChI=1S/C18H29O/c1-2-3-4-5-6-7-8-9-10-11-12-13-14-15-16-17-18-19/h12-17H,2-11H2,1H3/b13-12+,15-14+,17-16+. The second-order valence-electron chi connectivity index (χ2n) is 4.91. The molecule has 107 valence electrons. The molecule has 0 saturated heterocycles. The van der Waals surface area contributed by atoms with E-state index in [1.54, 1.807) is 12.4 Å². The minimum atomic E-state index is 1.16. The Morgan fingerprint density at radius 2 is 1.32 bits per heavy atom. The summed E-state index contributed by atoms with van der Waals surface area (Å²) in [6.07, 6.45) is 26.4. The van der Waals surface area contributed by atoms with Crippen LogP contribution in [0.4, 0.5) is 0 Å². The smallest absolute Gasteiger partial charge is 0.225 e. The molecule has 0 amide bonds. The van der Waals surface area contributed by atoms with E-state index in [0.29, 0.717) is 0 Å². The third kappa shape index (κ3) is 16.9. The Morgan fingerprint density at radius 3 is 1.95 bits per heavy atom. The molecule has 1 heteroatoms. The SMILES string of the molecule is CCCCCCCCCCC/C=C/C=C/C=C/[C]=O. The molecule has 0 aromatic carbocycles. The van der Waals surface area contributed by atoms with E-state index in [4.69, 9.17) is 0 Å². The molecule has 0 N–H and O–H groups in total. The average Bonchev–Trinajstić information content (AvgIpc) is 2.43. The quantitative estimate of drug-likeness (QED) is 0.236. The van der Waals surface area contributed by atoms with Gasteiger partial charge in [-0.1, -0.05) is 88.7 Å². The van der Waals surface area contributed by atoms with Gasteiger partial charge in [-0.25, -0.2) is 0 Å². The monoisotopic (exact) mass is 261 g/mol. The number of allylic oxidation sites excluding steroid dienone is 6. The van der Waals surface area contributed by atoms with Gasteiger partial charge in [-0.2, -0.15) is 0 Å². The first-order chi connectivity index (χ1) is 9.41. The van der Waals surface area contributed by atoms with Gasteiger partial charge in [0.15, 0.2) is 0 Å². The fourth-order valence-corrected chi connectivity index (χ4v) is 1.97. The molecule has 0 atom stereocenters. The summed E-state index contributed by atoms with van der Waals surface area (Å²) in [6.45, 7) is 2.26. The molecule has 0 bridgehead atoms. The lowest BCUT2D eigenvalue weighted by Crippen LogP contribution is -1.80. The van der Waals surface area contributed by atoms with Gasteiger partial charge in [0.05, 0.1) is 0 Å². The van der Waals surface area contributed by atoms with E-state index >= 15 is 0 Å². The summed E-state index contributed by atoms with van der Waals surface area (Å²) in [5, 5.41) is 0. The average molecular weight is 261 g/mol. The fraction of sp³-hybridized carbons (Fsp3) is 0.611.